The van der Waals surface area contributed by atoms with Gasteiger partial charge in [0.15, 0.2) is 0 Å². The van der Waals surface area contributed by atoms with Crippen LogP contribution < -0.4 is 10.6 Å². The van der Waals surface area contributed by atoms with Crippen LogP contribution in [0.4, 0.5) is 13.6 Å². The normalized spacial score (nSPS) is 20.6. The van der Waals surface area contributed by atoms with Crippen molar-refractivity contribution in [2.75, 3.05) is 6.54 Å². The minimum atomic E-state index is -3.27. The van der Waals surface area contributed by atoms with Crippen molar-refractivity contribution in [3.63, 3.8) is 0 Å². The maximum atomic E-state index is 14.6. The molecule has 3 unspecified atom stereocenters. The Labute approximate surface area is 272 Å². The van der Waals surface area contributed by atoms with Crippen LogP contribution in [0, 0.1) is 24.2 Å². The molecule has 2 aliphatic carbocycles. The van der Waals surface area contributed by atoms with Crippen molar-refractivity contribution in [2.24, 2.45) is 11.8 Å². The zero-order valence-electron chi connectivity index (χ0n) is 28.2. The zero-order valence-corrected chi connectivity index (χ0v) is 28.2. The third-order valence-corrected chi connectivity index (χ3v) is 8.74. The van der Waals surface area contributed by atoms with Gasteiger partial charge in [-0.05, 0) is 100 Å². The first-order chi connectivity index (χ1) is 21.7. The van der Waals surface area contributed by atoms with Gasteiger partial charge in [0.25, 0.3) is 5.92 Å². The van der Waals surface area contributed by atoms with E-state index in [1.165, 1.54) is 0 Å². The van der Waals surface area contributed by atoms with Crippen molar-refractivity contribution in [1.82, 2.24) is 10.6 Å². The van der Waals surface area contributed by atoms with E-state index in [0.29, 0.717) is 30.5 Å². The van der Waals surface area contributed by atoms with Crippen molar-refractivity contribution < 1.29 is 28.2 Å². The summed E-state index contributed by atoms with van der Waals surface area (Å²) in [5, 5.41) is 24.2. The van der Waals surface area contributed by atoms with Gasteiger partial charge in [0.05, 0.1) is 17.3 Å². The number of amides is 2. The second-order valence-corrected chi connectivity index (χ2v) is 12.3. The first-order valence-corrected chi connectivity index (χ1v) is 16.2. The molecule has 2 amide bonds. The number of nitrogens with one attached hydrogen (secondary N) is 3. The molecule has 0 bridgehead atoms. The number of halogens is 2. The maximum Gasteiger partial charge on any atom is 0.412 e. The van der Waals surface area contributed by atoms with Crippen LogP contribution in [0.1, 0.15) is 97.3 Å². The molecule has 2 fully saturated rings. The summed E-state index contributed by atoms with van der Waals surface area (Å²) in [4.78, 5) is 25.8. The molecule has 0 radical (unpaired) electrons. The molecular formula is C37H49F2N3O4. The van der Waals surface area contributed by atoms with Crippen molar-refractivity contribution >= 4 is 17.7 Å². The molecule has 3 rings (SSSR count). The van der Waals surface area contributed by atoms with Crippen molar-refractivity contribution in [1.29, 1.82) is 5.41 Å². The van der Waals surface area contributed by atoms with Crippen LogP contribution in [0.15, 0.2) is 81.8 Å². The van der Waals surface area contributed by atoms with Gasteiger partial charge in [-0.25, -0.2) is 13.6 Å². The lowest BCUT2D eigenvalue weighted by atomic mass is 9.90. The first-order valence-electron chi connectivity index (χ1n) is 16.2. The lowest BCUT2D eigenvalue weighted by Crippen LogP contribution is -2.29. The third-order valence-electron chi connectivity index (χ3n) is 8.74. The highest BCUT2D eigenvalue weighted by Crippen LogP contribution is 2.59. The minimum absolute atomic E-state index is 0.0340. The quantitative estimate of drug-likeness (QED) is 0.0926. The van der Waals surface area contributed by atoms with Crippen LogP contribution in [-0.2, 0) is 9.53 Å². The number of alkyl halides is 2. The summed E-state index contributed by atoms with van der Waals surface area (Å²) in [5.41, 5.74) is 6.27. The number of aryl methyl sites for hydroxylation is 1. The van der Waals surface area contributed by atoms with Crippen LogP contribution in [0.3, 0.4) is 0 Å². The Balaban J connectivity index is 1.82. The number of benzene rings is 1. The predicted octanol–water partition coefficient (Wildman–Crippen LogP) is 9.10. The number of hydrogen-bond acceptors (Lipinski definition) is 5. The summed E-state index contributed by atoms with van der Waals surface area (Å²) in [6, 6.07) is 7.68. The van der Waals surface area contributed by atoms with Gasteiger partial charge < -0.3 is 20.6 Å². The molecule has 3 atom stereocenters. The van der Waals surface area contributed by atoms with Gasteiger partial charge in [0.2, 0.25) is 5.91 Å². The van der Waals surface area contributed by atoms with E-state index in [-0.39, 0.29) is 18.0 Å². The standard InChI is InChI=1S/C37H49F2N3O4/c1-8-13-22(3)28(21-41-35(44)32-31(37(32,38)39)34(43)27-16-12-17-27)20-19-24(5)30(14-9-2)33(25(6)40)42-36(45)46-26(7)29-18-11-10-15-23(29)4/h10-11,13,15,18-20,26,31-32,40,43H,8-9,12,14,16-17,21H2,1-7H3,(H,41,44)(H,42,45)/b22-13+,24-19+,28-20-,33-30-,40-25?. The van der Waals surface area contributed by atoms with Gasteiger partial charge in [-0.15, -0.1) is 0 Å². The molecule has 7 nitrogen and oxygen atoms in total. The second-order valence-electron chi connectivity index (χ2n) is 12.3. The summed E-state index contributed by atoms with van der Waals surface area (Å²) in [7, 11) is 0. The number of carbonyl (C=O) groups excluding carboxylic acids is 2. The summed E-state index contributed by atoms with van der Waals surface area (Å²) in [6.45, 7) is 13.2. The Morgan fingerprint density at radius 3 is 2.35 bits per heavy atom. The molecule has 1 aromatic carbocycles. The van der Waals surface area contributed by atoms with E-state index in [0.717, 1.165) is 52.7 Å². The molecule has 0 saturated heterocycles. The molecule has 4 N–H and O–H groups in total. The van der Waals surface area contributed by atoms with Gasteiger partial charge in [0.1, 0.15) is 17.8 Å². The Morgan fingerprint density at radius 1 is 1.11 bits per heavy atom. The topological polar surface area (TPSA) is 112 Å². The van der Waals surface area contributed by atoms with E-state index in [1.807, 2.05) is 77.1 Å². The van der Waals surface area contributed by atoms with E-state index in [9.17, 15) is 23.5 Å². The molecule has 0 aromatic heterocycles. The molecule has 46 heavy (non-hydrogen) atoms. The summed E-state index contributed by atoms with van der Waals surface area (Å²) in [5.74, 6) is -7.40. The van der Waals surface area contributed by atoms with Crippen LogP contribution in [0.5, 0.6) is 0 Å². The SMILES string of the molecule is CC/C=C(C)/C(=C\C=C(C)\C(CCC)=C(/NC(=O)OC(C)c1ccccc1C)C(C)=N)CNC(=O)C1C(C(O)=C2CCC2)C1(F)F. The summed E-state index contributed by atoms with van der Waals surface area (Å²) in [6.07, 6.45) is 8.68. The maximum absolute atomic E-state index is 14.6. The van der Waals surface area contributed by atoms with Crippen LogP contribution in [-0.4, -0.2) is 35.3 Å². The number of allylic oxidation sites excluding steroid dienone is 8. The van der Waals surface area contributed by atoms with Gasteiger partial charge in [-0.3, -0.25) is 10.1 Å². The predicted molar refractivity (Wildman–Crippen MR) is 179 cm³/mol. The number of aliphatic hydroxyl groups excluding tert-OH is 1. The number of ether oxygens (including phenoxy) is 1. The molecule has 2 saturated carbocycles. The Hall–Kier alpha value is -4.01. The number of carbonyl (C=O) groups is 2. The van der Waals surface area contributed by atoms with Crippen LogP contribution in [0.2, 0.25) is 0 Å². The largest absolute Gasteiger partial charge is 0.512 e. The molecular weight excluding hydrogens is 588 g/mol. The molecule has 2 aliphatic rings. The molecule has 250 valence electrons. The third kappa shape index (κ3) is 8.83. The summed E-state index contributed by atoms with van der Waals surface area (Å²) < 4.78 is 34.8. The van der Waals surface area contributed by atoms with E-state index in [4.69, 9.17) is 10.1 Å². The Morgan fingerprint density at radius 2 is 1.78 bits per heavy atom. The molecule has 0 heterocycles. The monoisotopic (exact) mass is 637 g/mol. The number of hydrogen-bond donors (Lipinski definition) is 4. The smallest absolute Gasteiger partial charge is 0.412 e. The highest BCUT2D eigenvalue weighted by Gasteiger charge is 2.74. The zero-order chi connectivity index (χ0) is 34.2. The Kier molecular flexibility index (Phi) is 12.7. The van der Waals surface area contributed by atoms with Gasteiger partial charge in [-0.1, -0.05) is 68.3 Å². The lowest BCUT2D eigenvalue weighted by molar-refractivity contribution is -0.124. The van der Waals surface area contributed by atoms with E-state index >= 15 is 0 Å². The highest BCUT2D eigenvalue weighted by atomic mass is 19.3. The molecule has 0 spiro atoms. The first kappa shape index (κ1) is 36.5. The Bertz CT molecular complexity index is 1480. The fourth-order valence-corrected chi connectivity index (χ4v) is 5.77. The van der Waals surface area contributed by atoms with E-state index in [1.54, 1.807) is 13.8 Å². The van der Waals surface area contributed by atoms with Gasteiger partial charge >= 0.3 is 6.09 Å². The molecule has 9 heteroatoms. The second kappa shape index (κ2) is 16.0. The van der Waals surface area contributed by atoms with Crippen LogP contribution >= 0.6 is 0 Å². The number of rotatable bonds is 14. The molecule has 1 aromatic rings. The van der Waals surface area contributed by atoms with Crippen molar-refractivity contribution in [2.45, 2.75) is 99.0 Å². The highest BCUT2D eigenvalue weighted by molar-refractivity contribution is 5.99. The number of aliphatic hydroxyl groups is 1. The van der Waals surface area contributed by atoms with E-state index in [2.05, 4.69) is 10.6 Å². The average Bonchev–Trinajstić information content (AvgIpc) is 3.55. The van der Waals surface area contributed by atoms with Crippen LogP contribution in [0.25, 0.3) is 0 Å². The van der Waals surface area contributed by atoms with Gasteiger partial charge in [0, 0.05) is 6.54 Å². The minimum Gasteiger partial charge on any atom is -0.512 e. The van der Waals surface area contributed by atoms with Crippen molar-refractivity contribution in [3.8, 4) is 0 Å². The van der Waals surface area contributed by atoms with Gasteiger partial charge in [-0.2, -0.15) is 0 Å². The lowest BCUT2D eigenvalue weighted by Gasteiger charge is -2.19. The van der Waals surface area contributed by atoms with Crippen molar-refractivity contribution in [3.05, 3.63) is 92.9 Å². The average molecular weight is 638 g/mol. The fourth-order valence-electron chi connectivity index (χ4n) is 5.77. The fraction of sp³-hybridized carbons (Fsp3) is 0.486. The number of alkyl carbamates (subject to hydrolysis) is 1. The van der Waals surface area contributed by atoms with E-state index < -0.39 is 35.9 Å². The molecule has 0 aliphatic heterocycles. The summed E-state index contributed by atoms with van der Waals surface area (Å²) >= 11 is 0.